The van der Waals surface area contributed by atoms with E-state index in [1.165, 1.54) is 13.0 Å². The number of ether oxygens (including phenoxy) is 1. The van der Waals surface area contributed by atoms with E-state index in [9.17, 15) is 17.1 Å². The fourth-order valence-corrected chi connectivity index (χ4v) is 2.64. The normalized spacial score (nSPS) is 12.1. The molecule has 124 valence electrons. The van der Waals surface area contributed by atoms with Crippen LogP contribution in [-0.2, 0) is 21.5 Å². The second-order valence-corrected chi connectivity index (χ2v) is 7.31. The summed E-state index contributed by atoms with van der Waals surface area (Å²) in [7, 11) is -4.89. The van der Waals surface area contributed by atoms with Gasteiger partial charge in [-0.3, -0.25) is 0 Å². The van der Waals surface area contributed by atoms with Gasteiger partial charge in [-0.25, -0.2) is 4.79 Å². The molecule has 0 aliphatic heterocycles. The van der Waals surface area contributed by atoms with Crippen LogP contribution in [0.5, 0.6) is 0 Å². The molecule has 22 heavy (non-hydrogen) atoms. The van der Waals surface area contributed by atoms with Crippen molar-refractivity contribution in [3.63, 3.8) is 0 Å². The van der Waals surface area contributed by atoms with Crippen molar-refractivity contribution in [1.29, 1.82) is 0 Å². The number of carbonyl (C=O) groups is 1. The molecule has 3 N–H and O–H groups in total. The standard InChI is InChI=1S/C14H21FN2O4S/c1-8-10(7-17-13(18)21-14(3,4)5)6-11(22(15,19)20)9(2)12(8)16/h6H,7,16H2,1-5H3,(H,17,18). The monoisotopic (exact) mass is 332 g/mol. The Balaban J connectivity index is 3.07. The molecule has 1 aromatic carbocycles. The number of carbonyl (C=O) groups excluding carboxylic acids is 1. The highest BCUT2D eigenvalue weighted by atomic mass is 32.3. The number of benzene rings is 1. The van der Waals surface area contributed by atoms with E-state index in [1.54, 1.807) is 27.7 Å². The van der Waals surface area contributed by atoms with Gasteiger partial charge in [-0.1, -0.05) is 0 Å². The quantitative estimate of drug-likeness (QED) is 0.655. The minimum absolute atomic E-state index is 0.0201. The molecule has 0 fully saturated rings. The first kappa shape index (κ1) is 18.2. The smallest absolute Gasteiger partial charge is 0.407 e. The van der Waals surface area contributed by atoms with Gasteiger partial charge >= 0.3 is 16.3 Å². The summed E-state index contributed by atoms with van der Waals surface area (Å²) < 4.78 is 40.7. The Morgan fingerprint density at radius 2 is 1.86 bits per heavy atom. The highest BCUT2D eigenvalue weighted by Crippen LogP contribution is 2.28. The van der Waals surface area contributed by atoms with Crippen LogP contribution in [0.25, 0.3) is 0 Å². The molecular formula is C14H21FN2O4S. The third kappa shape index (κ3) is 4.59. The summed E-state index contributed by atoms with van der Waals surface area (Å²) in [6.07, 6.45) is -0.657. The zero-order valence-corrected chi connectivity index (χ0v) is 14.1. The highest BCUT2D eigenvalue weighted by molar-refractivity contribution is 7.86. The number of nitrogens with one attached hydrogen (secondary N) is 1. The molecule has 1 aromatic rings. The van der Waals surface area contributed by atoms with Gasteiger partial charge in [-0.15, -0.1) is 3.89 Å². The van der Waals surface area contributed by atoms with Gasteiger partial charge in [0, 0.05) is 12.2 Å². The van der Waals surface area contributed by atoms with Crippen LogP contribution in [0.2, 0.25) is 0 Å². The summed E-state index contributed by atoms with van der Waals surface area (Å²) in [4.78, 5) is 11.1. The fourth-order valence-electron chi connectivity index (χ4n) is 1.88. The summed E-state index contributed by atoms with van der Waals surface area (Å²) >= 11 is 0. The summed E-state index contributed by atoms with van der Waals surface area (Å²) in [5.74, 6) is 0. The molecule has 6 nitrogen and oxygen atoms in total. The second kappa shape index (κ2) is 6.12. The van der Waals surface area contributed by atoms with Crippen LogP contribution in [0.3, 0.4) is 0 Å². The van der Waals surface area contributed by atoms with E-state index in [0.717, 1.165) is 0 Å². The van der Waals surface area contributed by atoms with Crippen LogP contribution in [0.1, 0.15) is 37.5 Å². The number of nitrogen functional groups attached to an aromatic ring is 1. The Hall–Kier alpha value is -1.83. The maximum absolute atomic E-state index is 13.3. The largest absolute Gasteiger partial charge is 0.444 e. The predicted octanol–water partition coefficient (Wildman–Crippen LogP) is 2.57. The van der Waals surface area contributed by atoms with Gasteiger partial charge in [-0.05, 0) is 57.4 Å². The molecule has 0 spiro atoms. The maximum atomic E-state index is 13.3. The van der Waals surface area contributed by atoms with Crippen molar-refractivity contribution in [1.82, 2.24) is 5.32 Å². The molecule has 1 rings (SSSR count). The molecule has 0 radical (unpaired) electrons. The lowest BCUT2D eigenvalue weighted by atomic mass is 10.0. The molecule has 0 heterocycles. The number of amides is 1. The molecule has 0 unspecified atom stereocenters. The first-order valence-corrected chi connectivity index (χ1v) is 8.01. The molecule has 0 aliphatic carbocycles. The van der Waals surface area contributed by atoms with Crippen LogP contribution < -0.4 is 11.1 Å². The van der Waals surface area contributed by atoms with Crippen LogP contribution >= 0.6 is 0 Å². The Morgan fingerprint density at radius 1 is 1.32 bits per heavy atom. The molecule has 0 saturated carbocycles. The summed E-state index contributed by atoms with van der Waals surface area (Å²) in [6, 6.07) is 1.17. The Labute approximate surface area is 130 Å². The lowest BCUT2D eigenvalue weighted by molar-refractivity contribution is 0.0523. The molecule has 1 amide bonds. The van der Waals surface area contributed by atoms with E-state index in [1.807, 2.05) is 0 Å². The van der Waals surface area contributed by atoms with Gasteiger partial charge in [0.25, 0.3) is 0 Å². The Morgan fingerprint density at radius 3 is 2.32 bits per heavy atom. The molecule has 0 aromatic heterocycles. The average Bonchev–Trinajstić information content (AvgIpc) is 2.31. The van der Waals surface area contributed by atoms with Gasteiger partial charge < -0.3 is 15.8 Å². The van der Waals surface area contributed by atoms with E-state index in [4.69, 9.17) is 10.5 Å². The Bertz CT molecular complexity index is 694. The van der Waals surface area contributed by atoms with Crippen molar-refractivity contribution < 1.29 is 21.8 Å². The zero-order chi connectivity index (χ0) is 17.3. The number of halogens is 1. The van der Waals surface area contributed by atoms with E-state index < -0.39 is 26.8 Å². The SMILES string of the molecule is Cc1c(CNC(=O)OC(C)(C)C)cc(S(=O)(=O)F)c(C)c1N. The van der Waals surface area contributed by atoms with Crippen LogP contribution in [-0.4, -0.2) is 20.1 Å². The van der Waals surface area contributed by atoms with Crippen molar-refractivity contribution in [3.05, 3.63) is 22.8 Å². The number of anilines is 1. The molecule has 0 atom stereocenters. The lowest BCUT2D eigenvalue weighted by Crippen LogP contribution is -2.32. The average molecular weight is 332 g/mol. The van der Waals surface area contributed by atoms with Gasteiger partial charge in [0.2, 0.25) is 0 Å². The highest BCUT2D eigenvalue weighted by Gasteiger charge is 2.21. The Kier molecular flexibility index (Phi) is 5.06. The number of alkyl carbamates (subject to hydrolysis) is 1. The number of nitrogens with two attached hydrogens (primary N) is 1. The van der Waals surface area contributed by atoms with Crippen molar-refractivity contribution in [2.75, 3.05) is 5.73 Å². The van der Waals surface area contributed by atoms with E-state index >= 15 is 0 Å². The van der Waals surface area contributed by atoms with Gasteiger partial charge in [0.1, 0.15) is 10.5 Å². The molecule has 0 saturated heterocycles. The van der Waals surface area contributed by atoms with Gasteiger partial charge in [0.05, 0.1) is 0 Å². The van der Waals surface area contributed by atoms with Crippen molar-refractivity contribution in [2.24, 2.45) is 0 Å². The number of hydrogen-bond acceptors (Lipinski definition) is 5. The van der Waals surface area contributed by atoms with E-state index in [2.05, 4.69) is 5.32 Å². The zero-order valence-electron chi connectivity index (χ0n) is 13.3. The summed E-state index contributed by atoms with van der Waals surface area (Å²) in [5, 5.41) is 2.49. The maximum Gasteiger partial charge on any atom is 0.407 e. The lowest BCUT2D eigenvalue weighted by Gasteiger charge is -2.20. The van der Waals surface area contributed by atoms with Gasteiger partial charge in [0.15, 0.2) is 0 Å². The van der Waals surface area contributed by atoms with Crippen molar-refractivity contribution in [2.45, 2.75) is 51.7 Å². The first-order chi connectivity index (χ1) is 9.83. The van der Waals surface area contributed by atoms with E-state index in [-0.39, 0.29) is 17.8 Å². The molecular weight excluding hydrogens is 311 g/mol. The number of hydrogen-bond donors (Lipinski definition) is 2. The van der Waals surface area contributed by atoms with Gasteiger partial charge in [-0.2, -0.15) is 8.42 Å². The van der Waals surface area contributed by atoms with Crippen LogP contribution in [0.15, 0.2) is 11.0 Å². The number of rotatable bonds is 3. The molecule has 8 heteroatoms. The topological polar surface area (TPSA) is 98.5 Å². The summed E-state index contributed by atoms with van der Waals surface area (Å²) in [6.45, 7) is 8.23. The minimum atomic E-state index is -4.89. The predicted molar refractivity (Wildman–Crippen MR) is 81.7 cm³/mol. The summed E-state index contributed by atoms with van der Waals surface area (Å²) in [5.41, 5.74) is 6.49. The molecule has 0 bridgehead atoms. The van der Waals surface area contributed by atoms with Crippen molar-refractivity contribution in [3.8, 4) is 0 Å². The van der Waals surface area contributed by atoms with E-state index in [0.29, 0.717) is 11.1 Å². The third-order valence-electron chi connectivity index (χ3n) is 3.05. The molecule has 0 aliphatic rings. The van der Waals surface area contributed by atoms with Crippen LogP contribution in [0.4, 0.5) is 14.4 Å². The minimum Gasteiger partial charge on any atom is -0.444 e. The second-order valence-electron chi connectivity index (χ2n) is 5.99. The first-order valence-electron chi connectivity index (χ1n) is 6.63. The third-order valence-corrected chi connectivity index (χ3v) is 4.00. The van der Waals surface area contributed by atoms with Crippen LogP contribution in [0, 0.1) is 13.8 Å². The van der Waals surface area contributed by atoms with Crippen molar-refractivity contribution >= 4 is 22.0 Å². The fraction of sp³-hybridized carbons (Fsp3) is 0.500.